The average molecular weight is 479 g/mol. The Bertz CT molecular complexity index is 1020. The van der Waals surface area contributed by atoms with Crippen molar-refractivity contribution in [1.82, 2.24) is 15.0 Å². The van der Waals surface area contributed by atoms with Crippen LogP contribution in [0.3, 0.4) is 0 Å². The van der Waals surface area contributed by atoms with Gasteiger partial charge in [0.25, 0.3) is 0 Å². The van der Waals surface area contributed by atoms with Crippen LogP contribution in [0.15, 0.2) is 52.0 Å². The molecule has 4 rings (SSSR count). The van der Waals surface area contributed by atoms with E-state index in [0.29, 0.717) is 29.3 Å². The Morgan fingerprint density at radius 2 is 1.69 bits per heavy atom. The lowest BCUT2D eigenvalue weighted by Gasteiger charge is -2.08. The summed E-state index contributed by atoms with van der Waals surface area (Å²) in [6.45, 7) is 0.218. The van der Waals surface area contributed by atoms with Crippen molar-refractivity contribution in [3.8, 4) is 11.5 Å². The Balaban J connectivity index is 0.00000240. The quantitative estimate of drug-likeness (QED) is 0.360. The zero-order valence-corrected chi connectivity index (χ0v) is 17.6. The molecule has 0 radical (unpaired) electrons. The summed E-state index contributed by atoms with van der Waals surface area (Å²) >= 11 is 3.49. The highest BCUT2D eigenvalue weighted by atomic mass is 79.9. The van der Waals surface area contributed by atoms with Gasteiger partial charge >= 0.3 is 0 Å². The number of nitrogens with zero attached hydrogens (tertiary/aromatic N) is 4. The lowest BCUT2D eigenvalue weighted by atomic mass is 10.2. The predicted molar refractivity (Wildman–Crippen MR) is 118 cm³/mol. The van der Waals surface area contributed by atoms with Gasteiger partial charge in [-0.1, -0.05) is 18.2 Å². The molecular formula is C18H17BrClN7O2. The van der Waals surface area contributed by atoms with Gasteiger partial charge in [0.2, 0.25) is 24.6 Å². The first kappa shape index (κ1) is 20.6. The van der Waals surface area contributed by atoms with E-state index in [9.17, 15) is 0 Å². The van der Waals surface area contributed by atoms with Crippen LogP contribution in [0, 0.1) is 0 Å². The Morgan fingerprint density at radius 1 is 1.00 bits per heavy atom. The van der Waals surface area contributed by atoms with E-state index in [1.54, 1.807) is 13.3 Å². The maximum absolute atomic E-state index is 5.39. The lowest BCUT2D eigenvalue weighted by molar-refractivity contribution is 0.174. The Kier molecular flexibility index (Phi) is 6.68. The molecule has 1 aliphatic heterocycles. The van der Waals surface area contributed by atoms with Gasteiger partial charge in [0, 0.05) is 22.8 Å². The molecule has 3 aromatic rings. The van der Waals surface area contributed by atoms with Crippen molar-refractivity contribution in [3.63, 3.8) is 0 Å². The van der Waals surface area contributed by atoms with Crippen LogP contribution >= 0.6 is 28.3 Å². The van der Waals surface area contributed by atoms with E-state index in [1.807, 2.05) is 42.5 Å². The van der Waals surface area contributed by atoms with Gasteiger partial charge in [-0.05, 0) is 40.2 Å². The van der Waals surface area contributed by atoms with Crippen molar-refractivity contribution in [2.24, 2.45) is 5.10 Å². The summed E-state index contributed by atoms with van der Waals surface area (Å²) in [7, 11) is 1.73. The number of hydrogen-bond acceptors (Lipinski definition) is 9. The maximum atomic E-state index is 5.39. The van der Waals surface area contributed by atoms with Gasteiger partial charge in [-0.15, -0.1) is 12.4 Å². The van der Waals surface area contributed by atoms with Gasteiger partial charge in [-0.25, -0.2) is 5.43 Å². The number of halogens is 2. The number of benzene rings is 2. The summed E-state index contributed by atoms with van der Waals surface area (Å²) in [5.41, 5.74) is 4.51. The van der Waals surface area contributed by atoms with Crippen LogP contribution in [0.1, 0.15) is 5.56 Å². The van der Waals surface area contributed by atoms with Gasteiger partial charge in [0.15, 0.2) is 11.5 Å². The molecule has 150 valence electrons. The van der Waals surface area contributed by atoms with Gasteiger partial charge in [0.1, 0.15) is 0 Å². The number of aromatic nitrogens is 3. The highest BCUT2D eigenvalue weighted by Crippen LogP contribution is 2.36. The molecule has 2 aromatic carbocycles. The molecule has 0 saturated heterocycles. The molecule has 0 saturated carbocycles. The molecular weight excluding hydrogens is 462 g/mol. The summed E-state index contributed by atoms with van der Waals surface area (Å²) in [4.78, 5) is 12.9. The Morgan fingerprint density at radius 3 is 2.45 bits per heavy atom. The molecule has 1 aromatic heterocycles. The van der Waals surface area contributed by atoms with Gasteiger partial charge < -0.3 is 20.1 Å². The van der Waals surface area contributed by atoms with E-state index in [2.05, 4.69) is 52.0 Å². The topological polar surface area (TPSA) is 106 Å². The van der Waals surface area contributed by atoms with Crippen LogP contribution in [-0.2, 0) is 0 Å². The summed E-state index contributed by atoms with van der Waals surface area (Å²) in [5, 5.41) is 10.3. The third-order valence-corrected chi connectivity index (χ3v) is 4.44. The Labute approximate surface area is 181 Å². The third-order valence-electron chi connectivity index (χ3n) is 3.75. The first-order valence-electron chi connectivity index (χ1n) is 8.35. The first-order valence-corrected chi connectivity index (χ1v) is 9.15. The van der Waals surface area contributed by atoms with Crippen molar-refractivity contribution in [2.45, 2.75) is 0 Å². The molecule has 0 spiro atoms. The summed E-state index contributed by atoms with van der Waals surface area (Å²) in [5.74, 6) is 2.48. The predicted octanol–water partition coefficient (Wildman–Crippen LogP) is 4.02. The minimum Gasteiger partial charge on any atom is -0.454 e. The summed E-state index contributed by atoms with van der Waals surface area (Å²) in [6.07, 6.45) is 1.64. The summed E-state index contributed by atoms with van der Waals surface area (Å²) in [6, 6.07) is 13.3. The van der Waals surface area contributed by atoms with Crippen molar-refractivity contribution in [3.05, 3.63) is 52.5 Å². The molecule has 0 atom stereocenters. The van der Waals surface area contributed by atoms with Crippen LogP contribution in [0.25, 0.3) is 0 Å². The number of ether oxygens (including phenoxy) is 2. The number of para-hydroxylation sites is 1. The zero-order valence-electron chi connectivity index (χ0n) is 15.2. The summed E-state index contributed by atoms with van der Waals surface area (Å²) < 4.78 is 11.6. The maximum Gasteiger partial charge on any atom is 0.250 e. The van der Waals surface area contributed by atoms with E-state index in [-0.39, 0.29) is 19.2 Å². The van der Waals surface area contributed by atoms with Gasteiger partial charge in [-0.2, -0.15) is 20.1 Å². The second-order valence-electron chi connectivity index (χ2n) is 5.64. The van der Waals surface area contributed by atoms with Crippen LogP contribution in [0.5, 0.6) is 11.5 Å². The largest absolute Gasteiger partial charge is 0.454 e. The van der Waals surface area contributed by atoms with E-state index in [4.69, 9.17) is 9.47 Å². The van der Waals surface area contributed by atoms with Crippen LogP contribution in [0.2, 0.25) is 0 Å². The van der Waals surface area contributed by atoms with Crippen molar-refractivity contribution >= 4 is 58.1 Å². The minimum absolute atomic E-state index is 0. The smallest absolute Gasteiger partial charge is 0.250 e. The number of nitrogens with one attached hydrogen (secondary N) is 3. The van der Waals surface area contributed by atoms with Crippen molar-refractivity contribution in [2.75, 3.05) is 29.9 Å². The average Bonchev–Trinajstić information content (AvgIpc) is 3.16. The normalized spacial score (nSPS) is 11.8. The highest BCUT2D eigenvalue weighted by molar-refractivity contribution is 9.10. The van der Waals surface area contributed by atoms with Crippen LogP contribution in [0.4, 0.5) is 23.5 Å². The number of anilines is 4. The van der Waals surface area contributed by atoms with Crippen molar-refractivity contribution in [1.29, 1.82) is 0 Å². The zero-order chi connectivity index (χ0) is 19.3. The molecule has 9 nitrogen and oxygen atoms in total. The standard InChI is InChI=1S/C18H16BrN7O2.ClH/c1-20-16-23-17(22-12-5-3-2-4-6-12)25-18(24-16)26-21-9-11-7-14-15(8-13(11)19)28-10-27-14;/h2-9H,10H2,1H3,(H3,20,22,23,24,25,26);1H/b21-9+;. The minimum atomic E-state index is 0. The number of rotatable bonds is 6. The molecule has 1 aliphatic rings. The van der Waals surface area contributed by atoms with E-state index in [1.165, 1.54) is 0 Å². The number of fused-ring (bicyclic) bond motifs is 1. The molecule has 2 heterocycles. The fourth-order valence-corrected chi connectivity index (χ4v) is 2.86. The highest BCUT2D eigenvalue weighted by Gasteiger charge is 2.15. The number of hydrogen-bond donors (Lipinski definition) is 3. The second-order valence-corrected chi connectivity index (χ2v) is 6.50. The fraction of sp³-hybridized carbons (Fsp3) is 0.111. The van der Waals surface area contributed by atoms with E-state index in [0.717, 1.165) is 15.7 Å². The van der Waals surface area contributed by atoms with Crippen LogP contribution in [-0.4, -0.2) is 35.0 Å². The molecule has 0 aliphatic carbocycles. The number of hydrazone groups is 1. The Hall–Kier alpha value is -3.11. The third kappa shape index (κ3) is 5.04. The first-order chi connectivity index (χ1) is 13.7. The molecule has 0 bridgehead atoms. The second kappa shape index (κ2) is 9.39. The molecule has 0 unspecified atom stereocenters. The fourth-order valence-electron chi connectivity index (χ4n) is 2.44. The molecule has 0 amide bonds. The lowest BCUT2D eigenvalue weighted by Crippen LogP contribution is -2.07. The molecule has 29 heavy (non-hydrogen) atoms. The van der Waals surface area contributed by atoms with Crippen LogP contribution < -0.4 is 25.5 Å². The van der Waals surface area contributed by atoms with Crippen molar-refractivity contribution < 1.29 is 9.47 Å². The molecule has 11 heteroatoms. The SMILES string of the molecule is CNc1nc(N/N=C/c2cc3c(cc2Br)OCO3)nc(Nc2ccccc2)n1.Cl. The van der Waals surface area contributed by atoms with Gasteiger partial charge in [0.05, 0.1) is 6.21 Å². The molecule has 0 fully saturated rings. The monoisotopic (exact) mass is 477 g/mol. The van der Waals surface area contributed by atoms with E-state index >= 15 is 0 Å². The molecule has 3 N–H and O–H groups in total. The van der Waals surface area contributed by atoms with Gasteiger partial charge in [-0.3, -0.25) is 0 Å². The van der Waals surface area contributed by atoms with E-state index < -0.39 is 0 Å².